The Hall–Kier alpha value is -2.63. The average molecular weight is 339 g/mol. The molecule has 3 rings (SSSR count). The number of carbonyl (C=O) groups is 1. The van der Waals surface area contributed by atoms with Crippen molar-refractivity contribution in [1.82, 2.24) is 19.8 Å². The fourth-order valence-corrected chi connectivity index (χ4v) is 3.02. The minimum atomic E-state index is 0.0305. The van der Waals surface area contributed by atoms with Crippen LogP contribution in [0.25, 0.3) is 11.4 Å². The maximum atomic E-state index is 12.3. The fraction of sp³-hybridized carbons (Fsp3) is 0.421. The number of urea groups is 1. The van der Waals surface area contributed by atoms with Gasteiger partial charge in [0, 0.05) is 51.8 Å². The summed E-state index contributed by atoms with van der Waals surface area (Å²) in [6.45, 7) is 4.19. The van der Waals surface area contributed by atoms with Crippen LogP contribution >= 0.6 is 0 Å². The summed E-state index contributed by atoms with van der Waals surface area (Å²) < 4.78 is 0. The van der Waals surface area contributed by atoms with Crippen molar-refractivity contribution in [2.24, 2.45) is 0 Å². The van der Waals surface area contributed by atoms with Gasteiger partial charge in [-0.15, -0.1) is 0 Å². The first kappa shape index (κ1) is 17.2. The van der Waals surface area contributed by atoms with Gasteiger partial charge in [0.05, 0.1) is 12.2 Å². The van der Waals surface area contributed by atoms with E-state index in [1.807, 2.05) is 42.3 Å². The van der Waals surface area contributed by atoms with E-state index in [0.29, 0.717) is 13.1 Å². The van der Waals surface area contributed by atoms with Gasteiger partial charge in [-0.25, -0.2) is 14.8 Å². The number of anilines is 1. The molecule has 25 heavy (non-hydrogen) atoms. The van der Waals surface area contributed by atoms with E-state index in [1.54, 1.807) is 19.0 Å². The zero-order chi connectivity index (χ0) is 18.0. The van der Waals surface area contributed by atoms with Crippen LogP contribution in [0.5, 0.6) is 0 Å². The van der Waals surface area contributed by atoms with E-state index in [2.05, 4.69) is 11.8 Å². The Morgan fingerprint density at radius 2 is 1.88 bits per heavy atom. The molecule has 0 fully saturated rings. The van der Waals surface area contributed by atoms with Gasteiger partial charge >= 0.3 is 6.03 Å². The van der Waals surface area contributed by atoms with Crippen molar-refractivity contribution in [2.45, 2.75) is 19.9 Å². The van der Waals surface area contributed by atoms with Crippen LogP contribution in [0, 0.1) is 0 Å². The highest BCUT2D eigenvalue weighted by molar-refractivity contribution is 5.74. The summed E-state index contributed by atoms with van der Waals surface area (Å²) in [6, 6.07) is 10.1. The van der Waals surface area contributed by atoms with E-state index in [1.165, 1.54) is 0 Å². The number of benzene rings is 1. The molecule has 0 aliphatic carbocycles. The van der Waals surface area contributed by atoms with Gasteiger partial charge in [-0.2, -0.15) is 0 Å². The molecule has 2 aromatic rings. The van der Waals surface area contributed by atoms with E-state index >= 15 is 0 Å². The highest BCUT2D eigenvalue weighted by Crippen LogP contribution is 2.29. The Labute approximate surface area is 149 Å². The number of amides is 2. The van der Waals surface area contributed by atoms with Gasteiger partial charge in [-0.05, 0) is 6.92 Å². The van der Waals surface area contributed by atoms with E-state index < -0.39 is 0 Å². The second-order valence-electron chi connectivity index (χ2n) is 6.52. The van der Waals surface area contributed by atoms with Crippen LogP contribution in [0.3, 0.4) is 0 Å². The minimum Gasteiger partial charge on any atom is -0.360 e. The number of nitrogens with zero attached hydrogens (tertiary/aromatic N) is 5. The lowest BCUT2D eigenvalue weighted by molar-refractivity contribution is 0.165. The molecule has 1 aliphatic rings. The lowest BCUT2D eigenvalue weighted by Gasteiger charge is -2.33. The zero-order valence-electron chi connectivity index (χ0n) is 15.4. The first-order chi connectivity index (χ1) is 12.0. The van der Waals surface area contributed by atoms with Gasteiger partial charge in [0.1, 0.15) is 5.82 Å². The summed E-state index contributed by atoms with van der Waals surface area (Å²) in [7, 11) is 5.60. The molecule has 1 aromatic carbocycles. The van der Waals surface area contributed by atoms with E-state index in [9.17, 15) is 4.79 Å². The van der Waals surface area contributed by atoms with Crippen LogP contribution in [0.15, 0.2) is 30.3 Å². The topological polar surface area (TPSA) is 52.6 Å². The Kier molecular flexibility index (Phi) is 4.88. The Morgan fingerprint density at radius 3 is 2.52 bits per heavy atom. The molecular formula is C19H25N5O. The van der Waals surface area contributed by atoms with Gasteiger partial charge < -0.3 is 14.7 Å². The van der Waals surface area contributed by atoms with Crippen LogP contribution in [0.1, 0.15) is 18.2 Å². The SMILES string of the molecule is CCN(C)c1nc(-c2ccccc2)nc2c1CN(C(=O)N(C)C)CC2. The van der Waals surface area contributed by atoms with Crippen molar-refractivity contribution < 1.29 is 4.79 Å². The monoisotopic (exact) mass is 339 g/mol. The quantitative estimate of drug-likeness (QED) is 0.863. The summed E-state index contributed by atoms with van der Waals surface area (Å²) in [5.74, 6) is 1.67. The molecule has 0 unspecified atom stereocenters. The Balaban J connectivity index is 2.04. The highest BCUT2D eigenvalue weighted by Gasteiger charge is 2.27. The van der Waals surface area contributed by atoms with Gasteiger partial charge in [-0.1, -0.05) is 30.3 Å². The molecule has 0 saturated carbocycles. The van der Waals surface area contributed by atoms with Crippen LogP contribution in [0.4, 0.5) is 10.6 Å². The molecule has 132 valence electrons. The molecule has 0 N–H and O–H groups in total. The lowest BCUT2D eigenvalue weighted by atomic mass is 10.0. The van der Waals surface area contributed by atoms with Crippen LogP contribution in [-0.2, 0) is 13.0 Å². The van der Waals surface area contributed by atoms with Crippen LogP contribution in [-0.4, -0.2) is 60.0 Å². The van der Waals surface area contributed by atoms with Crippen molar-refractivity contribution in [2.75, 3.05) is 39.1 Å². The lowest BCUT2D eigenvalue weighted by Crippen LogP contribution is -2.43. The van der Waals surface area contributed by atoms with Crippen LogP contribution in [0.2, 0.25) is 0 Å². The molecule has 0 spiro atoms. The molecular weight excluding hydrogens is 314 g/mol. The van der Waals surface area contributed by atoms with E-state index in [0.717, 1.165) is 41.4 Å². The number of aromatic nitrogens is 2. The van der Waals surface area contributed by atoms with E-state index in [-0.39, 0.29) is 6.03 Å². The molecule has 0 atom stereocenters. The molecule has 0 saturated heterocycles. The third-order valence-electron chi connectivity index (χ3n) is 4.56. The van der Waals surface area contributed by atoms with Crippen molar-refractivity contribution in [1.29, 1.82) is 0 Å². The third kappa shape index (κ3) is 3.43. The standard InChI is InChI=1S/C19H25N5O/c1-5-23(4)18-15-13-24(19(25)22(2)3)12-11-16(15)20-17(21-18)14-9-7-6-8-10-14/h6-10H,5,11-13H2,1-4H3. The van der Waals surface area contributed by atoms with Gasteiger partial charge in [0.2, 0.25) is 0 Å². The maximum absolute atomic E-state index is 12.3. The average Bonchev–Trinajstić information content (AvgIpc) is 2.66. The summed E-state index contributed by atoms with van der Waals surface area (Å²) in [4.78, 5) is 27.6. The number of carbonyl (C=O) groups excluding carboxylic acids is 1. The minimum absolute atomic E-state index is 0.0305. The Morgan fingerprint density at radius 1 is 1.16 bits per heavy atom. The van der Waals surface area contributed by atoms with E-state index in [4.69, 9.17) is 9.97 Å². The first-order valence-electron chi connectivity index (χ1n) is 8.63. The second-order valence-corrected chi connectivity index (χ2v) is 6.52. The number of fused-ring (bicyclic) bond motifs is 1. The summed E-state index contributed by atoms with van der Waals surface area (Å²) in [5.41, 5.74) is 3.13. The Bertz CT molecular complexity index is 760. The summed E-state index contributed by atoms with van der Waals surface area (Å²) in [6.07, 6.45) is 0.752. The largest absolute Gasteiger partial charge is 0.360 e. The van der Waals surface area contributed by atoms with Crippen molar-refractivity contribution in [3.05, 3.63) is 41.6 Å². The fourth-order valence-electron chi connectivity index (χ4n) is 3.02. The molecule has 2 amide bonds. The number of hydrogen-bond donors (Lipinski definition) is 0. The first-order valence-corrected chi connectivity index (χ1v) is 8.63. The zero-order valence-corrected chi connectivity index (χ0v) is 15.4. The smallest absolute Gasteiger partial charge is 0.319 e. The van der Waals surface area contributed by atoms with Crippen molar-refractivity contribution in [3.8, 4) is 11.4 Å². The van der Waals surface area contributed by atoms with Gasteiger partial charge in [-0.3, -0.25) is 0 Å². The van der Waals surface area contributed by atoms with Gasteiger partial charge in [0.15, 0.2) is 5.82 Å². The molecule has 1 aromatic heterocycles. The number of hydrogen-bond acceptors (Lipinski definition) is 4. The normalized spacial score (nSPS) is 13.4. The third-order valence-corrected chi connectivity index (χ3v) is 4.56. The van der Waals surface area contributed by atoms with Gasteiger partial charge in [0.25, 0.3) is 0 Å². The molecule has 6 nitrogen and oxygen atoms in total. The molecule has 1 aliphatic heterocycles. The second kappa shape index (κ2) is 7.09. The maximum Gasteiger partial charge on any atom is 0.319 e. The van der Waals surface area contributed by atoms with Crippen molar-refractivity contribution >= 4 is 11.8 Å². The predicted octanol–water partition coefficient (Wildman–Crippen LogP) is 2.64. The highest BCUT2D eigenvalue weighted by atomic mass is 16.2. The van der Waals surface area contributed by atoms with Crippen LogP contribution < -0.4 is 4.90 Å². The predicted molar refractivity (Wildman–Crippen MR) is 99.6 cm³/mol. The molecule has 0 radical (unpaired) electrons. The molecule has 2 heterocycles. The molecule has 0 bridgehead atoms. The number of rotatable bonds is 3. The summed E-state index contributed by atoms with van der Waals surface area (Å²) >= 11 is 0. The van der Waals surface area contributed by atoms with Crippen molar-refractivity contribution in [3.63, 3.8) is 0 Å². The molecule has 6 heteroatoms. The summed E-state index contributed by atoms with van der Waals surface area (Å²) in [5, 5.41) is 0.